The zero-order chi connectivity index (χ0) is 15.0. The molecule has 1 rings (SSSR count). The van der Waals surface area contributed by atoms with Gasteiger partial charge in [0.15, 0.2) is 0 Å². The normalized spacial score (nSPS) is 13.0. The van der Waals surface area contributed by atoms with Crippen LogP contribution in [0, 0.1) is 17.8 Å². The van der Waals surface area contributed by atoms with Crippen LogP contribution in [0.2, 0.25) is 0 Å². The molecule has 0 saturated carbocycles. The number of aliphatic hydroxyl groups excluding tert-OH is 1. The number of amides is 1. The van der Waals surface area contributed by atoms with E-state index in [9.17, 15) is 4.79 Å². The topological polar surface area (TPSA) is 62.2 Å². The molecule has 0 aliphatic rings. The summed E-state index contributed by atoms with van der Waals surface area (Å²) in [6, 6.07) is 1.81. The van der Waals surface area contributed by atoms with Crippen LogP contribution in [0.5, 0.6) is 0 Å². The highest BCUT2D eigenvalue weighted by atomic mass is 16.2. The van der Waals surface area contributed by atoms with Crippen LogP contribution in [0.15, 0.2) is 18.5 Å². The Hall–Kier alpha value is -1.86. The lowest BCUT2D eigenvalue weighted by atomic mass is 10.0. The van der Waals surface area contributed by atoms with Gasteiger partial charge in [-0.15, -0.1) is 0 Å². The lowest BCUT2D eigenvalue weighted by molar-refractivity contribution is 0.0935. The molecule has 2 N–H and O–H groups in total. The Labute approximate surface area is 120 Å². The summed E-state index contributed by atoms with van der Waals surface area (Å²) in [7, 11) is 0. The number of rotatable bonds is 5. The fourth-order valence-corrected chi connectivity index (χ4v) is 1.91. The molecule has 0 aromatic carbocycles. The largest absolute Gasteiger partial charge is 0.384 e. The van der Waals surface area contributed by atoms with Gasteiger partial charge in [0, 0.05) is 24.0 Å². The predicted molar refractivity (Wildman–Crippen MR) is 79.2 cm³/mol. The summed E-state index contributed by atoms with van der Waals surface area (Å²) in [5.41, 5.74) is 1.12. The van der Waals surface area contributed by atoms with Crippen LogP contribution in [0.3, 0.4) is 0 Å². The molecule has 0 bridgehead atoms. The van der Waals surface area contributed by atoms with E-state index in [-0.39, 0.29) is 18.6 Å². The summed E-state index contributed by atoms with van der Waals surface area (Å²) in [5, 5.41) is 11.6. The molecule has 1 aromatic rings. The van der Waals surface area contributed by atoms with Crippen molar-refractivity contribution in [3.05, 3.63) is 29.6 Å². The first kappa shape index (κ1) is 16.2. The standard InChI is InChI=1S/C16H22N2O2/c1-4-12(2)8-13(3)18-16(20)15-9-14(6-5-7-19)10-17-11-15/h9-13,19H,4,7-8H2,1-3H3,(H,18,20). The average Bonchev–Trinajstić information content (AvgIpc) is 2.45. The molecule has 4 heteroatoms. The molecule has 2 unspecified atom stereocenters. The van der Waals surface area contributed by atoms with E-state index in [0.717, 1.165) is 12.8 Å². The van der Waals surface area contributed by atoms with Gasteiger partial charge in [-0.05, 0) is 25.3 Å². The number of nitrogens with one attached hydrogen (secondary N) is 1. The quantitative estimate of drug-likeness (QED) is 0.807. The Morgan fingerprint density at radius 1 is 1.45 bits per heavy atom. The minimum atomic E-state index is -0.206. The second kappa shape index (κ2) is 8.34. The number of pyridine rings is 1. The minimum absolute atomic E-state index is 0.129. The molecular weight excluding hydrogens is 252 g/mol. The second-order valence-corrected chi connectivity index (χ2v) is 5.05. The Bertz CT molecular complexity index is 503. The maximum Gasteiger partial charge on any atom is 0.253 e. The molecular formula is C16H22N2O2. The summed E-state index contributed by atoms with van der Waals surface area (Å²) < 4.78 is 0. The number of nitrogens with zero attached hydrogens (tertiary/aromatic N) is 1. The van der Waals surface area contributed by atoms with Crippen molar-refractivity contribution >= 4 is 5.91 Å². The average molecular weight is 274 g/mol. The smallest absolute Gasteiger partial charge is 0.253 e. The second-order valence-electron chi connectivity index (χ2n) is 5.05. The Kier molecular flexibility index (Phi) is 6.75. The lowest BCUT2D eigenvalue weighted by Gasteiger charge is -2.17. The number of carbonyl (C=O) groups is 1. The van der Waals surface area contributed by atoms with E-state index in [0.29, 0.717) is 17.0 Å². The molecule has 4 nitrogen and oxygen atoms in total. The van der Waals surface area contributed by atoms with E-state index in [1.54, 1.807) is 12.3 Å². The van der Waals surface area contributed by atoms with Crippen molar-refractivity contribution < 1.29 is 9.90 Å². The molecule has 1 heterocycles. The van der Waals surface area contributed by atoms with Crippen molar-refractivity contribution in [3.8, 4) is 11.8 Å². The monoisotopic (exact) mass is 274 g/mol. The van der Waals surface area contributed by atoms with Crippen LogP contribution < -0.4 is 5.32 Å². The molecule has 0 saturated heterocycles. The first-order valence-electron chi connectivity index (χ1n) is 6.92. The fraction of sp³-hybridized carbons (Fsp3) is 0.500. The van der Waals surface area contributed by atoms with Crippen LogP contribution in [0.4, 0.5) is 0 Å². The van der Waals surface area contributed by atoms with E-state index in [1.807, 2.05) is 6.92 Å². The molecule has 108 valence electrons. The SMILES string of the molecule is CCC(C)CC(C)NC(=O)c1cncc(C#CCO)c1. The van der Waals surface area contributed by atoms with Crippen LogP contribution in [-0.2, 0) is 0 Å². The van der Waals surface area contributed by atoms with Crippen molar-refractivity contribution in [1.29, 1.82) is 0 Å². The summed E-state index contributed by atoms with van der Waals surface area (Å²) >= 11 is 0. The fourth-order valence-electron chi connectivity index (χ4n) is 1.91. The van der Waals surface area contributed by atoms with Gasteiger partial charge < -0.3 is 10.4 Å². The van der Waals surface area contributed by atoms with Gasteiger partial charge in [-0.2, -0.15) is 0 Å². The molecule has 20 heavy (non-hydrogen) atoms. The zero-order valence-corrected chi connectivity index (χ0v) is 12.3. The molecule has 0 fully saturated rings. The summed E-state index contributed by atoms with van der Waals surface area (Å²) in [5.74, 6) is 5.73. The molecule has 1 aromatic heterocycles. The number of aromatic nitrogens is 1. The molecule has 2 atom stereocenters. The third kappa shape index (κ3) is 5.41. The molecule has 0 radical (unpaired) electrons. The maximum atomic E-state index is 12.1. The van der Waals surface area contributed by atoms with E-state index in [2.05, 4.69) is 36.0 Å². The van der Waals surface area contributed by atoms with Gasteiger partial charge in [-0.1, -0.05) is 32.1 Å². The summed E-state index contributed by atoms with van der Waals surface area (Å²) in [6.07, 6.45) is 5.16. The number of aliphatic hydroxyl groups is 1. The van der Waals surface area contributed by atoms with E-state index < -0.39 is 0 Å². The lowest BCUT2D eigenvalue weighted by Crippen LogP contribution is -2.33. The van der Waals surface area contributed by atoms with Gasteiger partial charge in [0.05, 0.1) is 5.56 Å². The van der Waals surface area contributed by atoms with Gasteiger partial charge in [0.1, 0.15) is 6.61 Å². The van der Waals surface area contributed by atoms with Gasteiger partial charge in [-0.3, -0.25) is 9.78 Å². The molecule has 1 amide bonds. The first-order valence-corrected chi connectivity index (χ1v) is 6.92. The summed E-state index contributed by atoms with van der Waals surface area (Å²) in [6.45, 7) is 6.12. The third-order valence-corrected chi connectivity index (χ3v) is 3.14. The maximum absolute atomic E-state index is 12.1. The first-order chi connectivity index (χ1) is 9.56. The van der Waals surface area contributed by atoms with Crippen LogP contribution in [-0.4, -0.2) is 28.6 Å². The van der Waals surface area contributed by atoms with Crippen LogP contribution in [0.1, 0.15) is 49.5 Å². The number of hydrogen-bond acceptors (Lipinski definition) is 3. The Morgan fingerprint density at radius 2 is 2.20 bits per heavy atom. The number of hydrogen-bond donors (Lipinski definition) is 2. The molecule has 0 aliphatic heterocycles. The highest BCUT2D eigenvalue weighted by Crippen LogP contribution is 2.10. The van der Waals surface area contributed by atoms with Crippen molar-refractivity contribution in [2.45, 2.75) is 39.7 Å². The van der Waals surface area contributed by atoms with Crippen molar-refractivity contribution in [2.24, 2.45) is 5.92 Å². The molecule has 0 spiro atoms. The van der Waals surface area contributed by atoms with Gasteiger partial charge in [0.25, 0.3) is 5.91 Å². The van der Waals surface area contributed by atoms with Gasteiger partial charge >= 0.3 is 0 Å². The van der Waals surface area contributed by atoms with Crippen LogP contribution in [0.25, 0.3) is 0 Å². The van der Waals surface area contributed by atoms with E-state index in [1.165, 1.54) is 6.20 Å². The number of carbonyl (C=O) groups excluding carboxylic acids is 1. The predicted octanol–water partition coefficient (Wildman–Crippen LogP) is 1.98. The van der Waals surface area contributed by atoms with Gasteiger partial charge in [0.2, 0.25) is 0 Å². The van der Waals surface area contributed by atoms with Crippen molar-refractivity contribution in [1.82, 2.24) is 10.3 Å². The summed E-state index contributed by atoms with van der Waals surface area (Å²) in [4.78, 5) is 16.1. The zero-order valence-electron chi connectivity index (χ0n) is 12.3. The highest BCUT2D eigenvalue weighted by molar-refractivity contribution is 5.94. The van der Waals surface area contributed by atoms with Crippen molar-refractivity contribution in [2.75, 3.05) is 6.61 Å². The van der Waals surface area contributed by atoms with Crippen molar-refractivity contribution in [3.63, 3.8) is 0 Å². The Morgan fingerprint density at radius 3 is 2.85 bits per heavy atom. The van der Waals surface area contributed by atoms with E-state index >= 15 is 0 Å². The highest BCUT2D eigenvalue weighted by Gasteiger charge is 2.12. The third-order valence-electron chi connectivity index (χ3n) is 3.14. The molecule has 0 aliphatic carbocycles. The van der Waals surface area contributed by atoms with E-state index in [4.69, 9.17) is 5.11 Å². The van der Waals surface area contributed by atoms with Gasteiger partial charge in [-0.25, -0.2) is 0 Å². The minimum Gasteiger partial charge on any atom is -0.384 e. The Balaban J connectivity index is 2.67. The van der Waals surface area contributed by atoms with Crippen LogP contribution >= 0.6 is 0 Å².